The summed E-state index contributed by atoms with van der Waals surface area (Å²) in [7, 11) is 3.42. The summed E-state index contributed by atoms with van der Waals surface area (Å²) >= 11 is 7.43. The Kier molecular flexibility index (Phi) is 6.74. The van der Waals surface area contributed by atoms with E-state index in [-0.39, 0.29) is 18.3 Å². The largest absolute Gasteiger partial charge is 0.490 e. The van der Waals surface area contributed by atoms with Gasteiger partial charge in [-0.1, -0.05) is 12.1 Å². The van der Waals surface area contributed by atoms with Gasteiger partial charge < -0.3 is 14.4 Å². The molecule has 0 N–H and O–H groups in total. The molecule has 0 saturated carbocycles. The SMILES string of the molecule is CCOc1cc(/C=C2/C(=O)N(C)C(=S)N2C)cc(I)c1OCc1ccc(F)cc1. The van der Waals surface area contributed by atoms with Crippen LogP contribution in [0, 0.1) is 9.39 Å². The van der Waals surface area contributed by atoms with Gasteiger partial charge >= 0.3 is 0 Å². The van der Waals surface area contributed by atoms with Gasteiger partial charge in [0.2, 0.25) is 0 Å². The molecule has 2 aromatic carbocycles. The molecule has 2 aromatic rings. The predicted molar refractivity (Wildman–Crippen MR) is 122 cm³/mol. The highest BCUT2D eigenvalue weighted by Crippen LogP contribution is 2.36. The van der Waals surface area contributed by atoms with Crippen LogP contribution >= 0.6 is 34.8 Å². The molecular formula is C21H20FIN2O3S. The van der Waals surface area contributed by atoms with Gasteiger partial charge in [0.15, 0.2) is 16.6 Å². The van der Waals surface area contributed by atoms with Crippen LogP contribution in [0.5, 0.6) is 11.5 Å². The number of amides is 1. The first-order valence-electron chi connectivity index (χ1n) is 8.92. The first-order chi connectivity index (χ1) is 13.8. The van der Waals surface area contributed by atoms with Crippen LogP contribution in [0.3, 0.4) is 0 Å². The van der Waals surface area contributed by atoms with Gasteiger partial charge in [0.05, 0.1) is 10.2 Å². The molecule has 0 atom stereocenters. The number of likely N-dealkylation sites (N-methyl/N-ethyl adjacent to an activating group) is 2. The van der Waals surface area contributed by atoms with Crippen LogP contribution in [0.1, 0.15) is 18.1 Å². The minimum atomic E-state index is -0.285. The van der Waals surface area contributed by atoms with Crippen LogP contribution < -0.4 is 9.47 Å². The highest BCUT2D eigenvalue weighted by Gasteiger charge is 2.32. The summed E-state index contributed by atoms with van der Waals surface area (Å²) in [5, 5.41) is 0.459. The van der Waals surface area contributed by atoms with E-state index >= 15 is 0 Å². The number of halogens is 2. The van der Waals surface area contributed by atoms with E-state index in [0.29, 0.717) is 28.9 Å². The Hall–Kier alpha value is -2.20. The molecule has 3 rings (SSSR count). The zero-order valence-electron chi connectivity index (χ0n) is 16.2. The number of hydrogen-bond acceptors (Lipinski definition) is 4. The van der Waals surface area contributed by atoms with Crippen LogP contribution in [0.25, 0.3) is 6.08 Å². The maximum Gasteiger partial charge on any atom is 0.276 e. The number of carbonyl (C=O) groups is 1. The fourth-order valence-electron chi connectivity index (χ4n) is 2.86. The van der Waals surface area contributed by atoms with Gasteiger partial charge in [-0.2, -0.15) is 0 Å². The predicted octanol–water partition coefficient (Wildman–Crippen LogP) is 4.44. The summed E-state index contributed by atoms with van der Waals surface area (Å²) in [4.78, 5) is 15.5. The lowest BCUT2D eigenvalue weighted by Gasteiger charge is -2.15. The summed E-state index contributed by atoms with van der Waals surface area (Å²) in [5.41, 5.74) is 2.15. The van der Waals surface area contributed by atoms with E-state index in [1.807, 2.05) is 19.1 Å². The van der Waals surface area contributed by atoms with Gasteiger partial charge in [-0.05, 0) is 83.2 Å². The lowest BCUT2D eigenvalue weighted by atomic mass is 10.1. The monoisotopic (exact) mass is 526 g/mol. The zero-order valence-corrected chi connectivity index (χ0v) is 19.2. The van der Waals surface area contributed by atoms with Gasteiger partial charge in [0, 0.05) is 14.1 Å². The summed E-state index contributed by atoms with van der Waals surface area (Å²) in [6.07, 6.45) is 1.78. The van der Waals surface area contributed by atoms with Crippen molar-refractivity contribution in [3.63, 3.8) is 0 Å². The molecule has 0 radical (unpaired) electrons. The quantitative estimate of drug-likeness (QED) is 0.317. The van der Waals surface area contributed by atoms with Crippen molar-refractivity contribution in [1.82, 2.24) is 9.80 Å². The topological polar surface area (TPSA) is 42.0 Å². The first-order valence-corrected chi connectivity index (χ1v) is 10.4. The highest BCUT2D eigenvalue weighted by atomic mass is 127. The lowest BCUT2D eigenvalue weighted by molar-refractivity contribution is -0.121. The molecule has 0 aromatic heterocycles. The molecule has 1 aliphatic rings. The van der Waals surface area contributed by atoms with E-state index in [9.17, 15) is 9.18 Å². The van der Waals surface area contributed by atoms with Crippen molar-refractivity contribution in [2.75, 3.05) is 20.7 Å². The van der Waals surface area contributed by atoms with E-state index in [1.54, 1.807) is 37.2 Å². The fraction of sp³-hybridized carbons (Fsp3) is 0.238. The third kappa shape index (κ3) is 4.69. The maximum atomic E-state index is 13.1. The maximum absolute atomic E-state index is 13.1. The molecule has 29 heavy (non-hydrogen) atoms. The minimum Gasteiger partial charge on any atom is -0.490 e. The van der Waals surface area contributed by atoms with Gasteiger partial charge in [-0.3, -0.25) is 9.69 Å². The van der Waals surface area contributed by atoms with Crippen molar-refractivity contribution in [3.8, 4) is 11.5 Å². The molecule has 8 heteroatoms. The lowest BCUT2D eigenvalue weighted by Crippen LogP contribution is -2.26. The fourth-order valence-corrected chi connectivity index (χ4v) is 3.82. The number of carbonyl (C=O) groups excluding carboxylic acids is 1. The average molecular weight is 526 g/mol. The molecule has 1 fully saturated rings. The van der Waals surface area contributed by atoms with E-state index in [1.165, 1.54) is 17.0 Å². The molecule has 152 valence electrons. The smallest absolute Gasteiger partial charge is 0.276 e. The summed E-state index contributed by atoms with van der Waals surface area (Å²) in [6.45, 7) is 2.65. The van der Waals surface area contributed by atoms with Crippen molar-refractivity contribution >= 4 is 51.9 Å². The second-order valence-corrected chi connectivity index (χ2v) is 7.94. The Bertz CT molecular complexity index is 979. The Morgan fingerprint density at radius 3 is 2.41 bits per heavy atom. The molecule has 1 saturated heterocycles. The molecular weight excluding hydrogens is 506 g/mol. The number of thiocarbonyl (C=S) groups is 1. The molecule has 5 nitrogen and oxygen atoms in total. The van der Waals surface area contributed by atoms with Crippen LogP contribution in [-0.2, 0) is 11.4 Å². The normalized spacial score (nSPS) is 15.4. The summed E-state index contributed by atoms with van der Waals surface area (Å²) in [5.74, 6) is 0.754. The Morgan fingerprint density at radius 2 is 1.83 bits per heavy atom. The molecule has 1 amide bonds. The third-order valence-corrected chi connectivity index (χ3v) is 5.74. The Morgan fingerprint density at radius 1 is 1.14 bits per heavy atom. The van der Waals surface area contributed by atoms with Crippen LogP contribution in [0.2, 0.25) is 0 Å². The summed E-state index contributed by atoms with van der Waals surface area (Å²) in [6, 6.07) is 9.92. The second-order valence-electron chi connectivity index (χ2n) is 6.41. The van der Waals surface area contributed by atoms with E-state index < -0.39 is 0 Å². The first kappa shape index (κ1) is 21.5. The van der Waals surface area contributed by atoms with Crippen molar-refractivity contribution in [3.05, 3.63) is 62.6 Å². The third-order valence-electron chi connectivity index (χ3n) is 4.39. The standard InChI is InChI=1S/C21H20FIN2O3S/c1-4-27-18-11-14(10-17-20(26)25(3)21(29)24(17)2)9-16(23)19(18)28-12-13-5-7-15(22)8-6-13/h5-11H,4,12H2,1-3H3/b17-10-. The van der Waals surface area contributed by atoms with Gasteiger partial charge in [0.1, 0.15) is 18.1 Å². The highest BCUT2D eigenvalue weighted by molar-refractivity contribution is 14.1. The van der Waals surface area contributed by atoms with Crippen LogP contribution in [0.4, 0.5) is 4.39 Å². The molecule has 0 bridgehead atoms. The minimum absolute atomic E-state index is 0.151. The van der Waals surface area contributed by atoms with Crippen molar-refractivity contribution in [2.24, 2.45) is 0 Å². The number of ether oxygens (including phenoxy) is 2. The van der Waals surface area contributed by atoms with E-state index in [2.05, 4.69) is 22.6 Å². The molecule has 0 unspecified atom stereocenters. The van der Waals surface area contributed by atoms with Gasteiger partial charge in [0.25, 0.3) is 5.91 Å². The van der Waals surface area contributed by atoms with E-state index in [4.69, 9.17) is 21.7 Å². The van der Waals surface area contributed by atoms with Crippen molar-refractivity contribution < 1.29 is 18.7 Å². The number of benzene rings is 2. The number of rotatable bonds is 6. The van der Waals surface area contributed by atoms with E-state index in [0.717, 1.165) is 14.7 Å². The van der Waals surface area contributed by atoms with Crippen molar-refractivity contribution in [2.45, 2.75) is 13.5 Å². The second kappa shape index (κ2) is 9.08. The van der Waals surface area contributed by atoms with Crippen molar-refractivity contribution in [1.29, 1.82) is 0 Å². The van der Waals surface area contributed by atoms with Crippen LogP contribution in [-0.4, -0.2) is 41.5 Å². The molecule has 1 aliphatic heterocycles. The zero-order chi connectivity index (χ0) is 21.1. The number of hydrogen-bond donors (Lipinski definition) is 0. The summed E-state index contributed by atoms with van der Waals surface area (Å²) < 4.78 is 25.7. The molecule has 0 aliphatic carbocycles. The van der Waals surface area contributed by atoms with Gasteiger partial charge in [-0.15, -0.1) is 0 Å². The van der Waals surface area contributed by atoms with Gasteiger partial charge in [-0.25, -0.2) is 4.39 Å². The molecule has 0 spiro atoms. The average Bonchev–Trinajstić information content (AvgIpc) is 2.87. The number of nitrogens with zero attached hydrogens (tertiary/aromatic N) is 2. The Balaban J connectivity index is 1.90. The van der Waals surface area contributed by atoms with Crippen LogP contribution in [0.15, 0.2) is 42.1 Å². The molecule has 1 heterocycles. The Labute approximate surface area is 188 Å².